The summed E-state index contributed by atoms with van der Waals surface area (Å²) in [5.41, 5.74) is 0.372. The molecule has 2 aromatic heterocycles. The van der Waals surface area contributed by atoms with E-state index >= 15 is 8.78 Å². The summed E-state index contributed by atoms with van der Waals surface area (Å²) in [5, 5.41) is 9.57. The standard InChI is InChI=1S/C33H27F5N4O4/c1-32(2)17-45-16-28(32)42-27-12-19(30(43)44)5-8-26(27)40-29(42)13-20-11-24(35)22(14-23(20)34)25-9-10-39-31(41-25)46-15-18-3-6-21(7-4-18)33(36,37)38/h3-12,14,28H,13,15-17H2,1-2H3,(H,43,44). The molecular weight excluding hydrogens is 611 g/mol. The molecule has 3 aromatic carbocycles. The first-order chi connectivity index (χ1) is 21.8. The molecule has 0 saturated carbocycles. The van der Waals surface area contributed by atoms with Crippen LogP contribution in [0.5, 0.6) is 6.01 Å². The summed E-state index contributed by atoms with van der Waals surface area (Å²) >= 11 is 0. The maximum atomic E-state index is 15.6. The summed E-state index contributed by atoms with van der Waals surface area (Å²) in [6.07, 6.45) is -3.25. The lowest BCUT2D eigenvalue weighted by molar-refractivity contribution is -0.137. The highest BCUT2D eigenvalue weighted by molar-refractivity contribution is 5.92. The predicted molar refractivity (Wildman–Crippen MR) is 156 cm³/mol. The molecule has 5 aromatic rings. The van der Waals surface area contributed by atoms with Gasteiger partial charge in [0.15, 0.2) is 0 Å². The van der Waals surface area contributed by atoms with E-state index in [1.807, 2.05) is 18.4 Å². The van der Waals surface area contributed by atoms with Crippen molar-refractivity contribution in [2.45, 2.75) is 39.1 Å². The van der Waals surface area contributed by atoms with Crippen molar-refractivity contribution in [1.29, 1.82) is 0 Å². The number of hydrogen-bond donors (Lipinski definition) is 1. The maximum absolute atomic E-state index is 15.6. The average Bonchev–Trinajstić information content (AvgIpc) is 3.54. The Kier molecular flexibility index (Phi) is 7.97. The summed E-state index contributed by atoms with van der Waals surface area (Å²) in [7, 11) is 0. The number of fused-ring (bicyclic) bond motifs is 1. The zero-order chi connectivity index (χ0) is 32.8. The second kappa shape index (κ2) is 11.8. The zero-order valence-corrected chi connectivity index (χ0v) is 24.6. The maximum Gasteiger partial charge on any atom is 0.416 e. The Hall–Kier alpha value is -4.91. The molecule has 0 radical (unpaired) electrons. The first-order valence-electron chi connectivity index (χ1n) is 14.2. The molecule has 1 unspecified atom stereocenters. The van der Waals surface area contributed by atoms with Gasteiger partial charge in [-0.05, 0) is 59.7 Å². The van der Waals surface area contributed by atoms with Crippen molar-refractivity contribution in [2.24, 2.45) is 5.41 Å². The van der Waals surface area contributed by atoms with Gasteiger partial charge in [-0.1, -0.05) is 26.0 Å². The monoisotopic (exact) mass is 638 g/mol. The highest BCUT2D eigenvalue weighted by atomic mass is 19.4. The molecule has 3 heterocycles. The van der Waals surface area contributed by atoms with Crippen molar-refractivity contribution in [3.05, 3.63) is 107 Å². The minimum absolute atomic E-state index is 0.0285. The number of aromatic nitrogens is 4. The Morgan fingerprint density at radius 1 is 1.04 bits per heavy atom. The van der Waals surface area contributed by atoms with Crippen LogP contribution in [-0.4, -0.2) is 43.8 Å². The van der Waals surface area contributed by atoms with Crippen LogP contribution in [0.1, 0.15) is 52.8 Å². The Morgan fingerprint density at radius 3 is 2.48 bits per heavy atom. The number of carboxylic acid groups (broad SMARTS) is 1. The number of aromatic carboxylic acids is 1. The number of imidazole rings is 1. The van der Waals surface area contributed by atoms with Gasteiger partial charge in [0.25, 0.3) is 0 Å². The van der Waals surface area contributed by atoms with Crippen molar-refractivity contribution in [1.82, 2.24) is 19.5 Å². The number of ether oxygens (including phenoxy) is 2. The van der Waals surface area contributed by atoms with Gasteiger partial charge in [-0.2, -0.15) is 18.2 Å². The minimum atomic E-state index is -4.46. The highest BCUT2D eigenvalue weighted by Gasteiger charge is 2.39. The third kappa shape index (κ3) is 6.14. The van der Waals surface area contributed by atoms with Gasteiger partial charge in [-0.15, -0.1) is 0 Å². The molecule has 0 aliphatic carbocycles. The quantitative estimate of drug-likeness (QED) is 0.179. The van der Waals surface area contributed by atoms with Crippen molar-refractivity contribution < 1.29 is 41.3 Å². The predicted octanol–water partition coefficient (Wildman–Crippen LogP) is 7.26. The van der Waals surface area contributed by atoms with E-state index in [0.717, 1.165) is 24.3 Å². The highest BCUT2D eigenvalue weighted by Crippen LogP contribution is 2.40. The first kappa shape index (κ1) is 31.1. The summed E-state index contributed by atoms with van der Waals surface area (Å²) in [6.45, 7) is 4.69. The van der Waals surface area contributed by atoms with Crippen LogP contribution < -0.4 is 4.74 Å². The molecule has 1 fully saturated rings. The fourth-order valence-electron chi connectivity index (χ4n) is 5.52. The normalized spacial score (nSPS) is 16.2. The molecule has 6 rings (SSSR count). The zero-order valence-electron chi connectivity index (χ0n) is 24.6. The Labute approximate surface area is 259 Å². The van der Waals surface area contributed by atoms with Crippen LogP contribution in [0.3, 0.4) is 0 Å². The van der Waals surface area contributed by atoms with Gasteiger partial charge in [0, 0.05) is 23.6 Å². The number of rotatable bonds is 8. The summed E-state index contributed by atoms with van der Waals surface area (Å²) in [6, 6.07) is 12.0. The number of carbonyl (C=O) groups is 1. The van der Waals surface area contributed by atoms with Crippen molar-refractivity contribution >= 4 is 17.0 Å². The summed E-state index contributed by atoms with van der Waals surface area (Å²) in [5.74, 6) is -2.15. The molecule has 1 aliphatic rings. The van der Waals surface area contributed by atoms with E-state index in [1.54, 1.807) is 6.07 Å². The molecule has 1 N–H and O–H groups in total. The fraction of sp³-hybridized carbons (Fsp3) is 0.273. The van der Waals surface area contributed by atoms with Crippen molar-refractivity contribution in [3.63, 3.8) is 0 Å². The lowest BCUT2D eigenvalue weighted by atomic mass is 9.87. The van der Waals surface area contributed by atoms with E-state index in [1.165, 1.54) is 36.5 Å². The van der Waals surface area contributed by atoms with Crippen LogP contribution in [0.2, 0.25) is 0 Å². The number of carboxylic acids is 1. The van der Waals surface area contributed by atoms with Crippen molar-refractivity contribution in [2.75, 3.05) is 13.2 Å². The van der Waals surface area contributed by atoms with Gasteiger partial charge in [0.2, 0.25) is 0 Å². The van der Waals surface area contributed by atoms with Gasteiger partial charge in [-0.3, -0.25) is 0 Å². The molecule has 238 valence electrons. The van der Waals surface area contributed by atoms with E-state index in [0.29, 0.717) is 35.6 Å². The lowest BCUT2D eigenvalue weighted by Gasteiger charge is -2.28. The van der Waals surface area contributed by atoms with E-state index in [-0.39, 0.29) is 52.9 Å². The smallest absolute Gasteiger partial charge is 0.416 e. The minimum Gasteiger partial charge on any atom is -0.478 e. The number of hydrogen-bond acceptors (Lipinski definition) is 6. The molecular formula is C33H27F5N4O4. The van der Waals surface area contributed by atoms with Crippen LogP contribution >= 0.6 is 0 Å². The molecule has 0 amide bonds. The average molecular weight is 639 g/mol. The van der Waals surface area contributed by atoms with Crippen LogP contribution in [0.15, 0.2) is 66.9 Å². The number of nitrogens with zero attached hydrogens (tertiary/aromatic N) is 4. The molecule has 8 nitrogen and oxygen atoms in total. The first-order valence-corrected chi connectivity index (χ1v) is 14.2. The molecule has 1 saturated heterocycles. The van der Waals surface area contributed by atoms with Crippen LogP contribution in [-0.2, 0) is 23.9 Å². The van der Waals surface area contributed by atoms with Gasteiger partial charge in [0.05, 0.1) is 47.1 Å². The third-order valence-corrected chi connectivity index (χ3v) is 8.02. The summed E-state index contributed by atoms with van der Waals surface area (Å²) < 4.78 is 82.7. The van der Waals surface area contributed by atoms with Gasteiger partial charge in [0.1, 0.15) is 24.1 Å². The van der Waals surface area contributed by atoms with E-state index in [2.05, 4.69) is 15.0 Å². The van der Waals surface area contributed by atoms with Gasteiger partial charge < -0.3 is 19.1 Å². The molecule has 0 spiro atoms. The van der Waals surface area contributed by atoms with E-state index in [9.17, 15) is 23.1 Å². The third-order valence-electron chi connectivity index (χ3n) is 8.02. The number of halogens is 5. The van der Waals surface area contributed by atoms with Gasteiger partial charge >= 0.3 is 18.2 Å². The van der Waals surface area contributed by atoms with Crippen LogP contribution in [0, 0.1) is 17.0 Å². The topological polar surface area (TPSA) is 99.4 Å². The number of benzene rings is 3. The van der Waals surface area contributed by atoms with Crippen LogP contribution in [0.25, 0.3) is 22.3 Å². The molecule has 1 atom stereocenters. The van der Waals surface area contributed by atoms with Crippen molar-refractivity contribution in [3.8, 4) is 17.3 Å². The van der Waals surface area contributed by atoms with Crippen LogP contribution in [0.4, 0.5) is 22.0 Å². The molecule has 13 heteroatoms. The largest absolute Gasteiger partial charge is 0.478 e. The second-order valence-electron chi connectivity index (χ2n) is 11.7. The Balaban J connectivity index is 1.27. The summed E-state index contributed by atoms with van der Waals surface area (Å²) in [4.78, 5) is 24.5. The van der Waals surface area contributed by atoms with E-state index < -0.39 is 29.3 Å². The number of alkyl halides is 3. The molecule has 1 aliphatic heterocycles. The van der Waals surface area contributed by atoms with Gasteiger partial charge in [-0.25, -0.2) is 23.5 Å². The Morgan fingerprint density at radius 2 is 1.80 bits per heavy atom. The van der Waals surface area contributed by atoms with E-state index in [4.69, 9.17) is 9.47 Å². The lowest BCUT2D eigenvalue weighted by Crippen LogP contribution is -2.27. The Bertz CT molecular complexity index is 1940. The molecule has 0 bridgehead atoms. The SMILES string of the molecule is CC1(C)COCC1n1c(Cc2cc(F)c(-c3ccnc(OCc4ccc(C(F)(F)F)cc4)n3)cc2F)nc2ccc(C(=O)O)cc21. The second-order valence-corrected chi connectivity index (χ2v) is 11.7. The fourth-order valence-corrected chi connectivity index (χ4v) is 5.52. The molecule has 46 heavy (non-hydrogen) atoms.